The fraction of sp³-hybridized carbons (Fsp3) is 0.0500. The van der Waals surface area contributed by atoms with E-state index in [0.29, 0.717) is 0 Å². The average Bonchev–Trinajstić information content (AvgIpc) is 2.53. The SMILES string of the molecule is C=C(/C=C\c1ccccc1C)c1nccc2ccccc12. The van der Waals surface area contributed by atoms with E-state index in [4.69, 9.17) is 0 Å². The minimum Gasteiger partial charge on any atom is -0.256 e. The standard InChI is InChI=1S/C20H17N/c1-15-7-3-4-8-17(15)12-11-16(2)20-19-10-6-5-9-18(19)13-14-21-20/h3-14H,2H2,1H3/b12-11-. The van der Waals surface area contributed by atoms with Gasteiger partial charge in [0, 0.05) is 11.6 Å². The third-order valence-corrected chi connectivity index (χ3v) is 3.63. The van der Waals surface area contributed by atoms with E-state index in [1.165, 1.54) is 16.5 Å². The minimum absolute atomic E-state index is 0.926. The van der Waals surface area contributed by atoms with Gasteiger partial charge in [-0.1, -0.05) is 67.3 Å². The predicted octanol–water partition coefficient (Wildman–Crippen LogP) is 5.27. The second-order valence-electron chi connectivity index (χ2n) is 5.10. The van der Waals surface area contributed by atoms with Gasteiger partial charge in [-0.05, 0) is 35.1 Å². The van der Waals surface area contributed by atoms with Crippen LogP contribution in [0.4, 0.5) is 0 Å². The van der Waals surface area contributed by atoms with E-state index in [-0.39, 0.29) is 0 Å². The maximum absolute atomic E-state index is 4.49. The van der Waals surface area contributed by atoms with Gasteiger partial charge < -0.3 is 0 Å². The number of hydrogen-bond donors (Lipinski definition) is 0. The van der Waals surface area contributed by atoms with Crippen molar-refractivity contribution in [2.75, 3.05) is 0 Å². The number of fused-ring (bicyclic) bond motifs is 1. The lowest BCUT2D eigenvalue weighted by Crippen LogP contribution is -1.88. The third-order valence-electron chi connectivity index (χ3n) is 3.63. The number of hydrogen-bond acceptors (Lipinski definition) is 1. The van der Waals surface area contributed by atoms with Gasteiger partial charge in [-0.3, -0.25) is 4.98 Å². The van der Waals surface area contributed by atoms with Crippen LogP contribution in [0.15, 0.2) is 73.4 Å². The summed E-state index contributed by atoms with van der Waals surface area (Å²) in [6, 6.07) is 18.6. The summed E-state index contributed by atoms with van der Waals surface area (Å²) in [4.78, 5) is 4.49. The first-order chi connectivity index (χ1) is 10.3. The zero-order valence-electron chi connectivity index (χ0n) is 12.1. The number of pyridine rings is 1. The van der Waals surface area contributed by atoms with E-state index < -0.39 is 0 Å². The summed E-state index contributed by atoms with van der Waals surface area (Å²) in [5.74, 6) is 0. The molecule has 0 spiro atoms. The molecule has 0 saturated heterocycles. The summed E-state index contributed by atoms with van der Waals surface area (Å²) in [7, 11) is 0. The Labute approximate surface area is 125 Å². The fourth-order valence-electron chi connectivity index (χ4n) is 2.42. The number of aromatic nitrogens is 1. The molecular weight excluding hydrogens is 254 g/mol. The topological polar surface area (TPSA) is 12.9 Å². The first kappa shape index (κ1) is 13.3. The Morgan fingerprint density at radius 2 is 1.76 bits per heavy atom. The number of benzene rings is 2. The van der Waals surface area contributed by atoms with Crippen LogP contribution in [0.3, 0.4) is 0 Å². The van der Waals surface area contributed by atoms with Gasteiger partial charge in [0.15, 0.2) is 0 Å². The fourth-order valence-corrected chi connectivity index (χ4v) is 2.42. The smallest absolute Gasteiger partial charge is 0.0774 e. The quantitative estimate of drug-likeness (QED) is 0.591. The Bertz CT molecular complexity index is 823. The largest absolute Gasteiger partial charge is 0.256 e. The van der Waals surface area contributed by atoms with Gasteiger partial charge in [0.05, 0.1) is 5.69 Å². The molecule has 0 saturated carbocycles. The number of aryl methyl sites for hydroxylation is 1. The first-order valence-corrected chi connectivity index (χ1v) is 7.02. The van der Waals surface area contributed by atoms with Crippen LogP contribution in [0, 0.1) is 6.92 Å². The van der Waals surface area contributed by atoms with Gasteiger partial charge in [-0.25, -0.2) is 0 Å². The Balaban J connectivity index is 1.97. The molecule has 0 amide bonds. The van der Waals surface area contributed by atoms with Crippen LogP contribution in [0.25, 0.3) is 22.4 Å². The number of rotatable bonds is 3. The van der Waals surface area contributed by atoms with Crippen LogP contribution in [-0.2, 0) is 0 Å². The molecule has 102 valence electrons. The Morgan fingerprint density at radius 3 is 2.62 bits per heavy atom. The zero-order valence-corrected chi connectivity index (χ0v) is 12.1. The van der Waals surface area contributed by atoms with Crippen molar-refractivity contribution in [1.82, 2.24) is 4.98 Å². The highest BCUT2D eigenvalue weighted by Gasteiger charge is 2.03. The number of allylic oxidation sites excluding steroid dienone is 2. The summed E-state index contributed by atoms with van der Waals surface area (Å²) in [5, 5.41) is 2.33. The van der Waals surface area contributed by atoms with Crippen LogP contribution < -0.4 is 0 Å². The van der Waals surface area contributed by atoms with Crippen LogP contribution in [0.2, 0.25) is 0 Å². The number of nitrogens with zero attached hydrogens (tertiary/aromatic N) is 1. The molecule has 3 rings (SSSR count). The van der Waals surface area contributed by atoms with Crippen LogP contribution in [0.5, 0.6) is 0 Å². The molecule has 3 aromatic rings. The zero-order chi connectivity index (χ0) is 14.7. The van der Waals surface area contributed by atoms with Gasteiger partial charge in [-0.15, -0.1) is 0 Å². The molecule has 0 atom stereocenters. The third kappa shape index (κ3) is 2.77. The van der Waals surface area contributed by atoms with Crippen molar-refractivity contribution in [3.63, 3.8) is 0 Å². The first-order valence-electron chi connectivity index (χ1n) is 7.02. The molecule has 0 aliphatic heterocycles. The lowest BCUT2D eigenvalue weighted by atomic mass is 10.0. The molecule has 1 heteroatoms. The van der Waals surface area contributed by atoms with Gasteiger partial charge in [0.2, 0.25) is 0 Å². The molecule has 1 heterocycles. The predicted molar refractivity (Wildman–Crippen MR) is 91.0 cm³/mol. The lowest BCUT2D eigenvalue weighted by Gasteiger charge is -2.05. The van der Waals surface area contributed by atoms with Gasteiger partial charge in [0.25, 0.3) is 0 Å². The maximum Gasteiger partial charge on any atom is 0.0774 e. The van der Waals surface area contributed by atoms with Crippen molar-refractivity contribution in [2.24, 2.45) is 0 Å². The van der Waals surface area contributed by atoms with Gasteiger partial charge in [0.1, 0.15) is 0 Å². The summed E-state index contributed by atoms with van der Waals surface area (Å²) >= 11 is 0. The molecular formula is C20H17N. The second-order valence-corrected chi connectivity index (χ2v) is 5.10. The van der Waals surface area contributed by atoms with Crippen molar-refractivity contribution >= 4 is 22.4 Å². The molecule has 1 nitrogen and oxygen atoms in total. The molecule has 0 N–H and O–H groups in total. The Hall–Kier alpha value is -2.67. The van der Waals surface area contributed by atoms with Crippen molar-refractivity contribution in [2.45, 2.75) is 6.92 Å². The molecule has 2 aromatic carbocycles. The normalized spacial score (nSPS) is 11.1. The Morgan fingerprint density at radius 1 is 1.00 bits per heavy atom. The monoisotopic (exact) mass is 271 g/mol. The molecule has 0 fully saturated rings. The summed E-state index contributed by atoms with van der Waals surface area (Å²) in [6.07, 6.45) is 5.97. The van der Waals surface area contributed by atoms with E-state index in [2.05, 4.69) is 48.8 Å². The highest BCUT2D eigenvalue weighted by Crippen LogP contribution is 2.23. The van der Waals surface area contributed by atoms with E-state index in [0.717, 1.165) is 16.7 Å². The van der Waals surface area contributed by atoms with E-state index in [1.807, 2.05) is 42.6 Å². The van der Waals surface area contributed by atoms with Crippen molar-refractivity contribution in [3.8, 4) is 0 Å². The maximum atomic E-state index is 4.49. The molecule has 0 unspecified atom stereocenters. The average molecular weight is 271 g/mol. The van der Waals surface area contributed by atoms with E-state index >= 15 is 0 Å². The van der Waals surface area contributed by atoms with Crippen LogP contribution in [0.1, 0.15) is 16.8 Å². The highest BCUT2D eigenvalue weighted by molar-refractivity contribution is 5.94. The van der Waals surface area contributed by atoms with Crippen LogP contribution in [-0.4, -0.2) is 4.98 Å². The highest BCUT2D eigenvalue weighted by atomic mass is 14.7. The lowest BCUT2D eigenvalue weighted by molar-refractivity contribution is 1.32. The molecule has 0 aliphatic carbocycles. The van der Waals surface area contributed by atoms with Gasteiger partial charge >= 0.3 is 0 Å². The van der Waals surface area contributed by atoms with Crippen molar-refractivity contribution < 1.29 is 0 Å². The van der Waals surface area contributed by atoms with E-state index in [1.54, 1.807) is 0 Å². The molecule has 21 heavy (non-hydrogen) atoms. The molecule has 0 bridgehead atoms. The minimum atomic E-state index is 0.926. The van der Waals surface area contributed by atoms with Crippen LogP contribution >= 0.6 is 0 Å². The Kier molecular flexibility index (Phi) is 3.65. The molecule has 1 aromatic heterocycles. The second kappa shape index (κ2) is 5.76. The molecule has 0 radical (unpaired) electrons. The molecule has 0 aliphatic rings. The summed E-state index contributed by atoms with van der Waals surface area (Å²) in [5.41, 5.74) is 4.33. The van der Waals surface area contributed by atoms with E-state index in [9.17, 15) is 0 Å². The summed E-state index contributed by atoms with van der Waals surface area (Å²) in [6.45, 7) is 6.28. The van der Waals surface area contributed by atoms with Crippen molar-refractivity contribution in [3.05, 3.63) is 90.3 Å². The van der Waals surface area contributed by atoms with Gasteiger partial charge in [-0.2, -0.15) is 0 Å². The summed E-state index contributed by atoms with van der Waals surface area (Å²) < 4.78 is 0. The van der Waals surface area contributed by atoms with Crippen molar-refractivity contribution in [1.29, 1.82) is 0 Å².